The summed E-state index contributed by atoms with van der Waals surface area (Å²) in [4.78, 5) is 27.4. The molecule has 8 heteroatoms. The van der Waals surface area contributed by atoms with E-state index in [-0.39, 0.29) is 12.0 Å². The predicted octanol–water partition coefficient (Wildman–Crippen LogP) is 4.17. The van der Waals surface area contributed by atoms with E-state index in [1.807, 2.05) is 6.20 Å². The Kier molecular flexibility index (Phi) is 7.14. The van der Waals surface area contributed by atoms with Gasteiger partial charge < -0.3 is 24.8 Å². The van der Waals surface area contributed by atoms with Gasteiger partial charge in [0.15, 0.2) is 0 Å². The highest BCUT2D eigenvalue weighted by Crippen LogP contribution is 2.40. The zero-order valence-electron chi connectivity index (χ0n) is 22.6. The molecule has 2 saturated heterocycles. The molecule has 0 unspecified atom stereocenters. The molecule has 2 saturated carbocycles. The van der Waals surface area contributed by atoms with E-state index >= 15 is 0 Å². The molecule has 2 N–H and O–H groups in total. The van der Waals surface area contributed by atoms with Gasteiger partial charge in [-0.1, -0.05) is 13.3 Å². The van der Waals surface area contributed by atoms with Crippen molar-refractivity contribution < 1.29 is 9.90 Å². The molecule has 0 radical (unpaired) electrons. The number of carbonyl (C=O) groups excluding carboxylic acids is 1. The molecule has 0 bridgehead atoms. The van der Waals surface area contributed by atoms with Gasteiger partial charge in [-0.25, -0.2) is 4.98 Å². The summed E-state index contributed by atoms with van der Waals surface area (Å²) in [5.41, 5.74) is 2.38. The zero-order valence-corrected chi connectivity index (χ0v) is 22.6. The monoisotopic (exact) mass is 508 g/mol. The van der Waals surface area contributed by atoms with Crippen molar-refractivity contribution >= 4 is 22.9 Å². The van der Waals surface area contributed by atoms with Crippen LogP contribution in [0.3, 0.4) is 0 Å². The van der Waals surface area contributed by atoms with Gasteiger partial charge in [-0.15, -0.1) is 0 Å². The van der Waals surface area contributed by atoms with Crippen molar-refractivity contribution in [1.82, 2.24) is 24.3 Å². The Hall–Kier alpha value is -2.19. The Morgan fingerprint density at radius 2 is 1.89 bits per heavy atom. The number of piperidine rings is 2. The van der Waals surface area contributed by atoms with Crippen LogP contribution in [-0.4, -0.2) is 80.7 Å². The van der Waals surface area contributed by atoms with Crippen LogP contribution in [0.5, 0.6) is 0 Å². The van der Waals surface area contributed by atoms with E-state index in [9.17, 15) is 9.90 Å². The number of aromatic nitrogens is 3. The van der Waals surface area contributed by atoms with Crippen LogP contribution in [0.15, 0.2) is 12.4 Å². The summed E-state index contributed by atoms with van der Waals surface area (Å²) in [6.45, 7) is 5.93. The lowest BCUT2D eigenvalue weighted by Crippen LogP contribution is -2.46. The van der Waals surface area contributed by atoms with Crippen LogP contribution >= 0.6 is 0 Å². The van der Waals surface area contributed by atoms with Gasteiger partial charge in [-0.2, -0.15) is 4.98 Å². The molecule has 2 aliphatic heterocycles. The van der Waals surface area contributed by atoms with Gasteiger partial charge in [0.25, 0.3) is 0 Å². The number of hydrogen-bond donors (Lipinski definition) is 2. The van der Waals surface area contributed by atoms with Crippen LogP contribution in [0.2, 0.25) is 0 Å². The quantitative estimate of drug-likeness (QED) is 0.609. The number of aliphatic hydroxyl groups excluding tert-OH is 1. The van der Waals surface area contributed by atoms with Crippen molar-refractivity contribution in [2.75, 3.05) is 38.5 Å². The summed E-state index contributed by atoms with van der Waals surface area (Å²) in [5, 5.41) is 14.8. The van der Waals surface area contributed by atoms with Crippen molar-refractivity contribution in [3.8, 4) is 0 Å². The fourth-order valence-corrected chi connectivity index (χ4v) is 7.14. The number of likely N-dealkylation sites (tertiary alicyclic amines) is 2. The first kappa shape index (κ1) is 25.1. The maximum atomic E-state index is 13.2. The van der Waals surface area contributed by atoms with E-state index in [1.54, 1.807) is 0 Å². The van der Waals surface area contributed by atoms with Crippen LogP contribution in [0.25, 0.3) is 11.0 Å². The number of amides is 1. The molecule has 202 valence electrons. The highest BCUT2D eigenvalue weighted by atomic mass is 16.3. The van der Waals surface area contributed by atoms with Crippen LogP contribution < -0.4 is 5.32 Å². The van der Waals surface area contributed by atoms with E-state index in [0.717, 1.165) is 100 Å². The molecule has 6 rings (SSSR count). The number of carbonyl (C=O) groups is 1. The second-order valence-corrected chi connectivity index (χ2v) is 12.2. The van der Waals surface area contributed by atoms with Crippen molar-refractivity contribution in [3.63, 3.8) is 0 Å². The molecule has 4 heterocycles. The summed E-state index contributed by atoms with van der Waals surface area (Å²) in [6, 6.07) is 0.873. The van der Waals surface area contributed by atoms with Crippen LogP contribution in [-0.2, 0) is 4.79 Å². The number of rotatable bonds is 6. The summed E-state index contributed by atoms with van der Waals surface area (Å²) < 4.78 is 2.39. The summed E-state index contributed by atoms with van der Waals surface area (Å²) in [6.07, 6.45) is 14.4. The van der Waals surface area contributed by atoms with Crippen molar-refractivity contribution in [2.45, 2.75) is 95.2 Å². The Morgan fingerprint density at radius 1 is 1.11 bits per heavy atom. The van der Waals surface area contributed by atoms with Gasteiger partial charge in [0, 0.05) is 49.5 Å². The van der Waals surface area contributed by atoms with E-state index in [4.69, 9.17) is 9.97 Å². The fraction of sp³-hybridized carbons (Fsp3) is 0.759. The highest BCUT2D eigenvalue weighted by Gasteiger charge is 2.36. The highest BCUT2D eigenvalue weighted by molar-refractivity contribution is 5.82. The SMILES string of the molecule is CC[C@@H]1C[C@H]1Nc1ncc2c(C3CCN(C(=O)[C@H]4CCCN(C)C4)CC3)cn([C@H]3CC[C@H](O)CC3)c2n1. The van der Waals surface area contributed by atoms with Crippen molar-refractivity contribution in [1.29, 1.82) is 0 Å². The molecular formula is C29H44N6O2. The smallest absolute Gasteiger partial charge is 0.226 e. The molecule has 2 aliphatic carbocycles. The predicted molar refractivity (Wildman–Crippen MR) is 146 cm³/mol. The number of fused-ring (bicyclic) bond motifs is 1. The normalized spacial score (nSPS) is 31.5. The third-order valence-electron chi connectivity index (χ3n) is 9.64. The molecule has 4 fully saturated rings. The Bertz CT molecular complexity index is 1100. The molecule has 1 amide bonds. The van der Waals surface area contributed by atoms with Crippen LogP contribution in [0, 0.1) is 11.8 Å². The molecule has 0 spiro atoms. The lowest BCUT2D eigenvalue weighted by molar-refractivity contribution is -0.138. The average Bonchev–Trinajstić information content (AvgIpc) is 3.57. The van der Waals surface area contributed by atoms with Crippen LogP contribution in [0.4, 0.5) is 5.95 Å². The fourth-order valence-electron chi connectivity index (χ4n) is 7.14. The molecule has 4 aliphatic rings. The standard InChI is InChI=1S/C29H44N6O2/c1-3-19-15-26(19)31-29-30-16-24-25(18-35(27(24)32-29)22-6-8-23(36)9-7-22)20-10-13-34(14-11-20)28(37)21-5-4-12-33(2)17-21/h16,18-23,26,36H,3-15,17H2,1-2H3,(H,30,31,32)/t19-,21+,22-,23-,26-/m1/s1. The van der Waals surface area contributed by atoms with Crippen LogP contribution in [0.1, 0.15) is 88.7 Å². The molecule has 2 aromatic heterocycles. The molecule has 3 atom stereocenters. The number of aliphatic hydroxyl groups is 1. The number of nitrogens with zero attached hydrogens (tertiary/aromatic N) is 5. The third-order valence-corrected chi connectivity index (χ3v) is 9.64. The molecule has 0 aromatic carbocycles. The lowest BCUT2D eigenvalue weighted by Gasteiger charge is -2.37. The van der Waals surface area contributed by atoms with Crippen molar-refractivity contribution in [3.05, 3.63) is 18.0 Å². The minimum atomic E-state index is -0.170. The summed E-state index contributed by atoms with van der Waals surface area (Å²) in [5.74, 6) is 2.43. The summed E-state index contributed by atoms with van der Waals surface area (Å²) in [7, 11) is 2.13. The number of anilines is 1. The lowest BCUT2D eigenvalue weighted by atomic mass is 9.88. The third kappa shape index (κ3) is 5.24. The number of nitrogens with one attached hydrogen (secondary N) is 1. The second-order valence-electron chi connectivity index (χ2n) is 12.2. The first-order valence-corrected chi connectivity index (χ1v) is 14.8. The molecular weight excluding hydrogens is 464 g/mol. The minimum absolute atomic E-state index is 0.164. The maximum Gasteiger partial charge on any atom is 0.226 e. The average molecular weight is 509 g/mol. The van der Waals surface area contributed by atoms with E-state index < -0.39 is 0 Å². The van der Waals surface area contributed by atoms with Crippen molar-refractivity contribution in [2.24, 2.45) is 11.8 Å². The first-order chi connectivity index (χ1) is 18.0. The van der Waals surface area contributed by atoms with Gasteiger partial charge in [0.2, 0.25) is 11.9 Å². The number of hydrogen-bond acceptors (Lipinski definition) is 6. The molecule has 8 nitrogen and oxygen atoms in total. The van der Waals surface area contributed by atoms with Gasteiger partial charge in [0.05, 0.1) is 12.0 Å². The Balaban J connectivity index is 1.21. The van der Waals surface area contributed by atoms with Gasteiger partial charge >= 0.3 is 0 Å². The second kappa shape index (κ2) is 10.5. The largest absolute Gasteiger partial charge is 0.393 e. The van der Waals surface area contributed by atoms with Gasteiger partial charge in [-0.3, -0.25) is 4.79 Å². The van der Waals surface area contributed by atoms with E-state index in [1.165, 1.54) is 18.4 Å². The molecule has 37 heavy (non-hydrogen) atoms. The van der Waals surface area contributed by atoms with E-state index in [0.29, 0.717) is 23.9 Å². The topological polar surface area (TPSA) is 86.5 Å². The first-order valence-electron chi connectivity index (χ1n) is 14.8. The van der Waals surface area contributed by atoms with Gasteiger partial charge in [0.1, 0.15) is 5.65 Å². The van der Waals surface area contributed by atoms with E-state index in [2.05, 4.69) is 39.9 Å². The Morgan fingerprint density at radius 3 is 2.59 bits per heavy atom. The zero-order chi connectivity index (χ0) is 25.5. The minimum Gasteiger partial charge on any atom is -0.393 e. The Labute approximate surface area is 220 Å². The van der Waals surface area contributed by atoms with Gasteiger partial charge in [-0.05, 0) is 88.8 Å². The maximum absolute atomic E-state index is 13.2. The summed E-state index contributed by atoms with van der Waals surface area (Å²) >= 11 is 0. The molecule has 2 aromatic rings.